The van der Waals surface area contributed by atoms with Gasteiger partial charge in [0.15, 0.2) is 5.11 Å². The highest BCUT2D eigenvalue weighted by molar-refractivity contribution is 7.80. The van der Waals surface area contributed by atoms with E-state index in [9.17, 15) is 0 Å². The molecule has 5 rings (SSSR count). The summed E-state index contributed by atoms with van der Waals surface area (Å²) in [5.41, 5.74) is 5.75. The SMILES string of the molecule is CCn1c(C)cc([C@H]2[C@H](c3ccccn3)NC(=S)N2c2ccc(Oc3ccccc3)cc2)c1C. The Morgan fingerprint density at radius 2 is 1.65 bits per heavy atom. The molecule has 0 spiro atoms. The molecule has 0 unspecified atom stereocenters. The van der Waals surface area contributed by atoms with Crippen molar-refractivity contribution in [3.05, 3.63) is 108 Å². The lowest BCUT2D eigenvalue weighted by Gasteiger charge is -2.28. The number of benzene rings is 2. The summed E-state index contributed by atoms with van der Waals surface area (Å²) in [5.74, 6) is 1.60. The predicted molar refractivity (Wildman–Crippen MR) is 140 cm³/mol. The van der Waals surface area contributed by atoms with E-state index in [1.54, 1.807) is 0 Å². The van der Waals surface area contributed by atoms with Crippen molar-refractivity contribution in [2.75, 3.05) is 4.90 Å². The van der Waals surface area contributed by atoms with Crippen molar-refractivity contribution in [1.82, 2.24) is 14.9 Å². The number of nitrogens with zero attached hydrogens (tertiary/aromatic N) is 3. The molecular formula is C28H28N4OS. The average Bonchev–Trinajstić information content (AvgIpc) is 3.35. The maximum atomic E-state index is 6.00. The quantitative estimate of drug-likeness (QED) is 0.328. The van der Waals surface area contributed by atoms with Crippen molar-refractivity contribution in [3.63, 3.8) is 0 Å². The molecular weight excluding hydrogens is 440 g/mol. The molecule has 0 saturated carbocycles. The first-order valence-corrected chi connectivity index (χ1v) is 12.0. The van der Waals surface area contributed by atoms with Crippen LogP contribution in [-0.4, -0.2) is 14.7 Å². The third kappa shape index (κ3) is 4.05. The van der Waals surface area contributed by atoms with Crippen molar-refractivity contribution in [2.45, 2.75) is 39.4 Å². The number of pyridine rings is 1. The molecule has 34 heavy (non-hydrogen) atoms. The minimum atomic E-state index is -0.0558. The van der Waals surface area contributed by atoms with Crippen LogP contribution in [0.3, 0.4) is 0 Å². The van der Waals surface area contributed by atoms with Gasteiger partial charge in [-0.2, -0.15) is 0 Å². The van der Waals surface area contributed by atoms with Gasteiger partial charge in [-0.1, -0.05) is 24.3 Å². The molecule has 1 fully saturated rings. The summed E-state index contributed by atoms with van der Waals surface area (Å²) in [6.07, 6.45) is 1.84. The van der Waals surface area contributed by atoms with Crippen LogP contribution in [0.25, 0.3) is 0 Å². The zero-order valence-electron chi connectivity index (χ0n) is 19.6. The van der Waals surface area contributed by atoms with Crippen molar-refractivity contribution >= 4 is 23.0 Å². The molecule has 2 aromatic heterocycles. The summed E-state index contributed by atoms with van der Waals surface area (Å²) < 4.78 is 8.35. The van der Waals surface area contributed by atoms with Gasteiger partial charge in [-0.15, -0.1) is 0 Å². The van der Waals surface area contributed by atoms with E-state index >= 15 is 0 Å². The van der Waals surface area contributed by atoms with Crippen LogP contribution < -0.4 is 15.0 Å². The van der Waals surface area contributed by atoms with Crippen molar-refractivity contribution in [1.29, 1.82) is 0 Å². The van der Waals surface area contributed by atoms with Crippen LogP contribution in [-0.2, 0) is 6.54 Å². The van der Waals surface area contributed by atoms with Gasteiger partial charge in [0.05, 0.1) is 17.8 Å². The van der Waals surface area contributed by atoms with Gasteiger partial charge in [-0.25, -0.2) is 0 Å². The first-order chi connectivity index (χ1) is 16.6. The van der Waals surface area contributed by atoms with Crippen LogP contribution in [0.15, 0.2) is 85.1 Å². The summed E-state index contributed by atoms with van der Waals surface area (Å²) in [4.78, 5) is 6.87. The van der Waals surface area contributed by atoms with Crippen LogP contribution in [0, 0.1) is 13.8 Å². The zero-order valence-corrected chi connectivity index (χ0v) is 20.4. The Morgan fingerprint density at radius 1 is 0.941 bits per heavy atom. The molecule has 3 heterocycles. The maximum absolute atomic E-state index is 6.00. The van der Waals surface area contributed by atoms with E-state index in [1.807, 2.05) is 60.8 Å². The van der Waals surface area contributed by atoms with Crippen LogP contribution in [0.1, 0.15) is 41.7 Å². The molecule has 0 radical (unpaired) electrons. The highest BCUT2D eigenvalue weighted by atomic mass is 32.1. The maximum Gasteiger partial charge on any atom is 0.174 e. The molecule has 5 nitrogen and oxygen atoms in total. The smallest absolute Gasteiger partial charge is 0.174 e. The number of anilines is 1. The van der Waals surface area contributed by atoms with Gasteiger partial charge in [0.25, 0.3) is 0 Å². The molecule has 1 N–H and O–H groups in total. The van der Waals surface area contributed by atoms with E-state index in [1.165, 1.54) is 17.0 Å². The lowest BCUT2D eigenvalue weighted by atomic mass is 9.96. The van der Waals surface area contributed by atoms with Crippen molar-refractivity contribution < 1.29 is 4.74 Å². The highest BCUT2D eigenvalue weighted by Gasteiger charge is 2.42. The van der Waals surface area contributed by atoms with E-state index in [0.717, 1.165) is 29.4 Å². The van der Waals surface area contributed by atoms with E-state index in [4.69, 9.17) is 17.0 Å². The van der Waals surface area contributed by atoms with Crippen molar-refractivity contribution in [2.24, 2.45) is 0 Å². The van der Waals surface area contributed by atoms with E-state index in [0.29, 0.717) is 5.11 Å². The summed E-state index contributed by atoms with van der Waals surface area (Å²) in [7, 11) is 0. The number of rotatable bonds is 6. The number of para-hydroxylation sites is 1. The molecule has 1 aliphatic heterocycles. The lowest BCUT2D eigenvalue weighted by Crippen LogP contribution is -2.29. The number of hydrogen-bond donors (Lipinski definition) is 1. The molecule has 1 saturated heterocycles. The predicted octanol–water partition coefficient (Wildman–Crippen LogP) is 6.49. The van der Waals surface area contributed by atoms with Gasteiger partial charge in [-0.05, 0) is 93.1 Å². The third-order valence-corrected chi connectivity index (χ3v) is 6.75. The standard InChI is InChI=1S/C28H28N4OS/c1-4-31-19(2)18-24(20(31)3)27-26(25-12-8-9-17-29-25)30-28(34)32(27)21-13-15-23(16-14-21)33-22-10-6-5-7-11-22/h5-18,26-27H,4H2,1-3H3,(H,30,34)/t26-,27-/m0/s1. The van der Waals surface area contributed by atoms with Gasteiger partial charge in [-0.3, -0.25) is 4.98 Å². The van der Waals surface area contributed by atoms with E-state index < -0.39 is 0 Å². The fourth-order valence-electron chi connectivity index (χ4n) is 4.86. The first kappa shape index (κ1) is 22.2. The Bertz CT molecular complexity index is 1290. The second kappa shape index (κ2) is 9.31. The lowest BCUT2D eigenvalue weighted by molar-refractivity contribution is 0.482. The molecule has 0 bridgehead atoms. The van der Waals surface area contributed by atoms with E-state index in [2.05, 4.69) is 64.8 Å². The number of thiocarbonyl (C=S) groups is 1. The number of aryl methyl sites for hydroxylation is 1. The second-order valence-electron chi connectivity index (χ2n) is 8.48. The molecule has 172 valence electrons. The van der Waals surface area contributed by atoms with Crippen LogP contribution >= 0.6 is 12.2 Å². The minimum absolute atomic E-state index is 0.0187. The van der Waals surface area contributed by atoms with Gasteiger partial charge in [0, 0.05) is 29.8 Å². The first-order valence-electron chi connectivity index (χ1n) is 11.6. The number of hydrogen-bond acceptors (Lipinski definition) is 3. The fourth-order valence-corrected chi connectivity index (χ4v) is 5.21. The molecule has 2 atom stereocenters. The summed E-state index contributed by atoms with van der Waals surface area (Å²) >= 11 is 5.87. The van der Waals surface area contributed by atoms with Gasteiger partial charge in [0.1, 0.15) is 11.5 Å². The number of ether oxygens (including phenoxy) is 1. The largest absolute Gasteiger partial charge is 0.457 e. The molecule has 4 aromatic rings. The topological polar surface area (TPSA) is 42.3 Å². The monoisotopic (exact) mass is 468 g/mol. The van der Waals surface area contributed by atoms with Crippen molar-refractivity contribution in [3.8, 4) is 11.5 Å². The van der Waals surface area contributed by atoms with Crippen LogP contribution in [0.2, 0.25) is 0 Å². The Hall–Kier alpha value is -3.64. The Kier molecular flexibility index (Phi) is 6.07. The number of aromatic nitrogens is 2. The van der Waals surface area contributed by atoms with Gasteiger partial charge >= 0.3 is 0 Å². The minimum Gasteiger partial charge on any atom is -0.457 e. The fraction of sp³-hybridized carbons (Fsp3) is 0.214. The van der Waals surface area contributed by atoms with Gasteiger partial charge in [0.2, 0.25) is 0 Å². The summed E-state index contributed by atoms with van der Waals surface area (Å²) in [6, 6.07) is 26.2. The average molecular weight is 469 g/mol. The second-order valence-corrected chi connectivity index (χ2v) is 8.86. The third-order valence-electron chi connectivity index (χ3n) is 6.44. The molecule has 2 aromatic carbocycles. The molecule has 0 aliphatic carbocycles. The molecule has 6 heteroatoms. The Balaban J connectivity index is 1.54. The zero-order chi connectivity index (χ0) is 23.7. The van der Waals surface area contributed by atoms with E-state index in [-0.39, 0.29) is 12.1 Å². The van der Waals surface area contributed by atoms with Gasteiger partial charge < -0.3 is 19.5 Å². The molecule has 0 amide bonds. The Morgan fingerprint density at radius 3 is 2.29 bits per heavy atom. The number of nitrogens with one attached hydrogen (secondary N) is 1. The Labute approximate surface area is 206 Å². The highest BCUT2D eigenvalue weighted by Crippen LogP contribution is 2.43. The summed E-state index contributed by atoms with van der Waals surface area (Å²) in [5, 5.41) is 4.24. The van der Waals surface area contributed by atoms with Crippen LogP contribution in [0.4, 0.5) is 5.69 Å². The molecule has 1 aliphatic rings. The van der Waals surface area contributed by atoms with Crippen LogP contribution in [0.5, 0.6) is 11.5 Å². The summed E-state index contributed by atoms with van der Waals surface area (Å²) in [6.45, 7) is 7.47. The normalized spacial score (nSPS) is 17.6.